The zero-order valence-corrected chi connectivity index (χ0v) is 34.4. The summed E-state index contributed by atoms with van der Waals surface area (Å²) in [5, 5.41) is 5.98. The first-order chi connectivity index (χ1) is 25.1. The summed E-state index contributed by atoms with van der Waals surface area (Å²) < 4.78 is 27.6. The number of benzene rings is 3. The highest BCUT2D eigenvalue weighted by Gasteiger charge is 2.18. The van der Waals surface area contributed by atoms with Crippen molar-refractivity contribution < 1.29 is 23.4 Å². The van der Waals surface area contributed by atoms with Gasteiger partial charge in [-0.2, -0.15) is 0 Å². The molecule has 6 rings (SSSR count). The number of amides is 1. The molecule has 0 bridgehead atoms. The molecule has 2 N–H and O–H groups in total. The molecule has 7 heteroatoms. The third kappa shape index (κ3) is 30.4. The van der Waals surface area contributed by atoms with Gasteiger partial charge in [-0.1, -0.05) is 114 Å². The van der Waals surface area contributed by atoms with Crippen LogP contribution in [0.4, 0.5) is 4.39 Å². The number of nitrogens with one attached hydrogen (secondary N) is 2. The Kier molecular flexibility index (Phi) is 30.4. The minimum Gasteiger partial charge on any atom is -0.496 e. The molecule has 3 fully saturated rings. The minimum absolute atomic E-state index is 0.0799. The molecule has 3 aromatic rings. The van der Waals surface area contributed by atoms with Crippen molar-refractivity contribution in [1.29, 1.82) is 0 Å². The van der Waals surface area contributed by atoms with E-state index in [0.29, 0.717) is 6.54 Å². The summed E-state index contributed by atoms with van der Waals surface area (Å²) in [6.45, 7) is 20.0. The number of rotatable bonds is 11. The lowest BCUT2D eigenvalue weighted by Gasteiger charge is -2.05. The Hall–Kier alpha value is -3.26. The summed E-state index contributed by atoms with van der Waals surface area (Å²) in [6.07, 6.45) is 11.3. The molecule has 0 unspecified atom stereocenters. The van der Waals surface area contributed by atoms with E-state index < -0.39 is 0 Å². The number of ether oxygens (including phenoxy) is 3. The lowest BCUT2D eigenvalue weighted by molar-refractivity contribution is -0.119. The predicted octanol–water partition coefficient (Wildman–Crippen LogP) is 10.9. The second kappa shape index (κ2) is 32.4. The van der Waals surface area contributed by atoms with Crippen LogP contribution in [0.15, 0.2) is 72.8 Å². The summed E-state index contributed by atoms with van der Waals surface area (Å²) >= 11 is 0. The third-order valence-corrected chi connectivity index (χ3v) is 8.22. The zero-order valence-electron chi connectivity index (χ0n) is 34.4. The second-order valence-corrected chi connectivity index (χ2v) is 13.2. The van der Waals surface area contributed by atoms with E-state index in [4.69, 9.17) is 9.47 Å². The molecule has 6 nitrogen and oxygen atoms in total. The average molecular weight is 725 g/mol. The van der Waals surface area contributed by atoms with Gasteiger partial charge in [0.2, 0.25) is 5.91 Å². The lowest BCUT2D eigenvalue weighted by atomic mass is 10.1. The van der Waals surface area contributed by atoms with Crippen molar-refractivity contribution in [2.45, 2.75) is 126 Å². The van der Waals surface area contributed by atoms with Crippen LogP contribution in [0.5, 0.6) is 5.75 Å². The summed E-state index contributed by atoms with van der Waals surface area (Å²) in [6, 6.07) is 23.7. The van der Waals surface area contributed by atoms with E-state index in [9.17, 15) is 9.18 Å². The average Bonchev–Trinajstić information content (AvgIpc) is 4.01. The maximum absolute atomic E-state index is 12.7. The first-order valence-corrected chi connectivity index (χ1v) is 19.5. The van der Waals surface area contributed by atoms with Crippen molar-refractivity contribution in [3.8, 4) is 5.75 Å². The number of hydrogen-bond acceptors (Lipinski definition) is 5. The number of aryl methyl sites for hydroxylation is 2. The quantitative estimate of drug-likeness (QED) is 0.206. The number of halogens is 1. The first kappa shape index (κ1) is 48.7. The van der Waals surface area contributed by atoms with Gasteiger partial charge in [-0.25, -0.2) is 4.39 Å². The van der Waals surface area contributed by atoms with Gasteiger partial charge in [-0.05, 0) is 98.9 Å². The normalized spacial score (nSPS) is 13.4. The predicted molar refractivity (Wildman–Crippen MR) is 218 cm³/mol. The Morgan fingerprint density at radius 3 is 1.77 bits per heavy atom. The molecule has 294 valence electrons. The van der Waals surface area contributed by atoms with Crippen LogP contribution < -0.4 is 15.4 Å². The molecular weight excluding hydrogens is 652 g/mol. The van der Waals surface area contributed by atoms with Crippen LogP contribution in [0, 0.1) is 24.6 Å². The van der Waals surface area contributed by atoms with Gasteiger partial charge in [0.15, 0.2) is 0 Å². The van der Waals surface area contributed by atoms with E-state index in [-0.39, 0.29) is 11.7 Å². The van der Waals surface area contributed by atoms with Gasteiger partial charge in [-0.15, -0.1) is 0 Å². The molecule has 3 aromatic carbocycles. The number of carbonyl (C=O) groups is 1. The fourth-order valence-corrected chi connectivity index (χ4v) is 4.14. The highest BCUT2D eigenvalue weighted by atomic mass is 19.1. The molecule has 0 heterocycles. The fourth-order valence-electron chi connectivity index (χ4n) is 4.14. The van der Waals surface area contributed by atoms with E-state index in [1.807, 2.05) is 57.2 Å². The van der Waals surface area contributed by atoms with E-state index in [1.165, 1.54) is 75.1 Å². The van der Waals surface area contributed by atoms with Crippen molar-refractivity contribution in [2.24, 2.45) is 11.8 Å². The molecule has 0 spiro atoms. The Labute approximate surface area is 317 Å². The van der Waals surface area contributed by atoms with Crippen LogP contribution in [-0.4, -0.2) is 45.9 Å². The summed E-state index contributed by atoms with van der Waals surface area (Å²) in [7, 11) is 3.38. The minimum atomic E-state index is -0.246. The highest BCUT2D eigenvalue weighted by molar-refractivity contribution is 5.72. The van der Waals surface area contributed by atoms with Crippen molar-refractivity contribution in [3.05, 3.63) is 101 Å². The van der Waals surface area contributed by atoms with Gasteiger partial charge in [0, 0.05) is 39.8 Å². The van der Waals surface area contributed by atoms with E-state index in [2.05, 4.69) is 61.3 Å². The summed E-state index contributed by atoms with van der Waals surface area (Å²) in [5.74, 6) is 2.88. The molecule has 52 heavy (non-hydrogen) atoms. The molecule has 0 saturated heterocycles. The Balaban J connectivity index is 0.000000608. The monoisotopic (exact) mass is 725 g/mol. The first-order valence-electron chi connectivity index (χ1n) is 19.5. The Bertz CT molecular complexity index is 1240. The number of methoxy groups -OCH3 is 2. The highest BCUT2D eigenvalue weighted by Crippen LogP contribution is 2.31. The standard InChI is InChI=1S/C10H12FNO.2C9H12O.C5H11N.C5H10.C4H8.C3H8O/c1-7-5-10(11)4-3-9(7)6-12-8(2)13;1-3-8-6-4-5-7-9(8)10-2;1-2-10-8-9-6-4-3-5-7-9;1-2-6-5-3-4-5;1-2-5-3-4-5;1-4-2-3-4;1-3-4-2/h3-5H,6H2,1-2H3,(H,12,13);4-7H,3H2,1-2H3;3-7H,2,8H2,1H3;5-6H,2-4H2,1H3;5H,2-4H2,1H3;4H,2-3H2,1H3;3H2,1-2H3. The van der Waals surface area contributed by atoms with Crippen LogP contribution >= 0.6 is 0 Å². The SMILES string of the molecule is CC(=O)NCc1ccc(F)cc1C.CC1CC1.CCC1CC1.CCNC1CC1.CCOC.CCOCc1ccccc1.CCc1ccccc1OC. The lowest BCUT2D eigenvalue weighted by Crippen LogP contribution is -2.19. The number of para-hydroxylation sites is 1. The summed E-state index contributed by atoms with van der Waals surface area (Å²) in [4.78, 5) is 10.6. The largest absolute Gasteiger partial charge is 0.496 e. The van der Waals surface area contributed by atoms with Crippen LogP contribution in [0.3, 0.4) is 0 Å². The second-order valence-electron chi connectivity index (χ2n) is 13.2. The van der Waals surface area contributed by atoms with Crippen molar-refractivity contribution in [1.82, 2.24) is 10.6 Å². The molecule has 3 saturated carbocycles. The Morgan fingerprint density at radius 1 is 0.808 bits per heavy atom. The van der Waals surface area contributed by atoms with Crippen LogP contribution in [0.1, 0.15) is 116 Å². The van der Waals surface area contributed by atoms with E-state index in [0.717, 1.165) is 67.5 Å². The van der Waals surface area contributed by atoms with Gasteiger partial charge >= 0.3 is 0 Å². The fraction of sp³-hybridized carbons (Fsp3) is 0.578. The molecule has 0 aromatic heterocycles. The zero-order chi connectivity index (χ0) is 39.0. The van der Waals surface area contributed by atoms with Crippen molar-refractivity contribution in [2.75, 3.05) is 34.0 Å². The molecule has 0 atom stereocenters. The molecular formula is C45H73FN2O4. The smallest absolute Gasteiger partial charge is 0.217 e. The van der Waals surface area contributed by atoms with E-state index in [1.54, 1.807) is 20.3 Å². The van der Waals surface area contributed by atoms with Crippen molar-refractivity contribution in [3.63, 3.8) is 0 Å². The summed E-state index contributed by atoms with van der Waals surface area (Å²) in [5.41, 5.74) is 4.31. The number of hydrogen-bond donors (Lipinski definition) is 2. The molecule has 1 amide bonds. The third-order valence-electron chi connectivity index (χ3n) is 8.22. The maximum atomic E-state index is 12.7. The molecule has 3 aliphatic carbocycles. The maximum Gasteiger partial charge on any atom is 0.217 e. The molecule has 0 aliphatic heterocycles. The van der Waals surface area contributed by atoms with Gasteiger partial charge in [-0.3, -0.25) is 4.79 Å². The van der Waals surface area contributed by atoms with Crippen LogP contribution in [-0.2, 0) is 33.8 Å². The van der Waals surface area contributed by atoms with Gasteiger partial charge in [0.05, 0.1) is 13.7 Å². The molecule has 3 aliphatic rings. The number of carbonyl (C=O) groups excluding carboxylic acids is 1. The van der Waals surface area contributed by atoms with Crippen LogP contribution in [0.2, 0.25) is 0 Å². The van der Waals surface area contributed by atoms with Crippen molar-refractivity contribution >= 4 is 5.91 Å². The molecule has 0 radical (unpaired) electrons. The van der Waals surface area contributed by atoms with Gasteiger partial charge < -0.3 is 24.8 Å². The topological polar surface area (TPSA) is 68.8 Å². The van der Waals surface area contributed by atoms with Crippen LogP contribution in [0.25, 0.3) is 0 Å². The van der Waals surface area contributed by atoms with E-state index >= 15 is 0 Å². The Morgan fingerprint density at radius 2 is 1.40 bits per heavy atom. The van der Waals surface area contributed by atoms with Gasteiger partial charge in [0.25, 0.3) is 0 Å². The van der Waals surface area contributed by atoms with Gasteiger partial charge in [0.1, 0.15) is 11.6 Å².